The summed E-state index contributed by atoms with van der Waals surface area (Å²) >= 11 is 4.74. The number of carboxylic acids is 1. The molecule has 0 fully saturated rings. The average Bonchev–Trinajstić information content (AvgIpc) is 2.73. The third-order valence-electron chi connectivity index (χ3n) is 2.18. The zero-order valence-corrected chi connectivity index (χ0v) is 11.4. The highest BCUT2D eigenvalue weighted by molar-refractivity contribution is 9.10. The van der Waals surface area contributed by atoms with Crippen LogP contribution in [-0.2, 0) is 6.61 Å². The first kappa shape index (κ1) is 13.0. The molecule has 2 aromatic rings. The van der Waals surface area contributed by atoms with Gasteiger partial charge in [-0.2, -0.15) is 0 Å². The van der Waals surface area contributed by atoms with Crippen molar-refractivity contribution in [3.8, 4) is 5.75 Å². The van der Waals surface area contributed by atoms with Crippen LogP contribution in [0.3, 0.4) is 0 Å². The first-order chi connectivity index (χ1) is 8.58. The predicted molar refractivity (Wildman–Crippen MR) is 69.7 cm³/mol. The van der Waals surface area contributed by atoms with E-state index in [9.17, 15) is 9.18 Å². The van der Waals surface area contributed by atoms with Gasteiger partial charge in [0.25, 0.3) is 0 Å². The summed E-state index contributed by atoms with van der Waals surface area (Å²) in [7, 11) is 0. The van der Waals surface area contributed by atoms with Crippen molar-refractivity contribution in [2.45, 2.75) is 6.61 Å². The van der Waals surface area contributed by atoms with Gasteiger partial charge >= 0.3 is 5.97 Å². The van der Waals surface area contributed by atoms with Crippen LogP contribution >= 0.6 is 27.3 Å². The lowest BCUT2D eigenvalue weighted by atomic mass is 10.2. The minimum atomic E-state index is -1.21. The molecule has 2 rings (SSSR count). The smallest absolute Gasteiger partial charge is 0.339 e. The van der Waals surface area contributed by atoms with Crippen molar-refractivity contribution < 1.29 is 19.0 Å². The van der Waals surface area contributed by atoms with Crippen LogP contribution in [-0.4, -0.2) is 11.1 Å². The molecule has 6 heteroatoms. The molecule has 94 valence electrons. The third kappa shape index (κ3) is 2.88. The lowest BCUT2D eigenvalue weighted by Gasteiger charge is -2.08. The van der Waals surface area contributed by atoms with Crippen LogP contribution in [0, 0.1) is 5.82 Å². The van der Waals surface area contributed by atoms with Crippen LogP contribution in [0.5, 0.6) is 5.75 Å². The van der Waals surface area contributed by atoms with Gasteiger partial charge < -0.3 is 9.84 Å². The van der Waals surface area contributed by atoms with Gasteiger partial charge in [-0.15, -0.1) is 11.3 Å². The first-order valence-electron chi connectivity index (χ1n) is 4.95. The molecule has 0 saturated carbocycles. The molecule has 0 spiro atoms. The molecule has 0 radical (unpaired) electrons. The molecule has 0 aliphatic rings. The van der Waals surface area contributed by atoms with Gasteiger partial charge in [-0.1, -0.05) is 6.07 Å². The summed E-state index contributed by atoms with van der Waals surface area (Å²) < 4.78 is 19.7. The van der Waals surface area contributed by atoms with Gasteiger partial charge in [0.2, 0.25) is 0 Å². The minimum absolute atomic E-state index is 0.136. The summed E-state index contributed by atoms with van der Waals surface area (Å²) in [5.41, 5.74) is -0.175. The van der Waals surface area contributed by atoms with Crippen molar-refractivity contribution in [1.29, 1.82) is 0 Å². The lowest BCUT2D eigenvalue weighted by molar-refractivity contribution is 0.0690. The Morgan fingerprint density at radius 3 is 2.89 bits per heavy atom. The Bertz CT molecular complexity index is 582. The molecule has 0 amide bonds. The van der Waals surface area contributed by atoms with E-state index in [0.29, 0.717) is 0 Å². The van der Waals surface area contributed by atoms with Crippen molar-refractivity contribution in [3.05, 3.63) is 50.4 Å². The monoisotopic (exact) mass is 330 g/mol. The second-order valence-electron chi connectivity index (χ2n) is 3.44. The Hall–Kier alpha value is -1.40. The SMILES string of the molecule is O=C(O)c1cccc(F)c1OCc1cc(Br)cs1. The fraction of sp³-hybridized carbons (Fsp3) is 0.0833. The maximum atomic E-state index is 13.5. The summed E-state index contributed by atoms with van der Waals surface area (Å²) in [6.45, 7) is 0.136. The van der Waals surface area contributed by atoms with Crippen molar-refractivity contribution in [2.24, 2.45) is 0 Å². The molecule has 1 N–H and O–H groups in total. The highest BCUT2D eigenvalue weighted by atomic mass is 79.9. The molecule has 18 heavy (non-hydrogen) atoms. The van der Waals surface area contributed by atoms with Crippen molar-refractivity contribution in [2.75, 3.05) is 0 Å². The number of rotatable bonds is 4. The van der Waals surface area contributed by atoms with Crippen molar-refractivity contribution in [3.63, 3.8) is 0 Å². The maximum Gasteiger partial charge on any atom is 0.339 e. The fourth-order valence-corrected chi connectivity index (χ4v) is 2.76. The molecule has 0 bridgehead atoms. The number of para-hydroxylation sites is 1. The predicted octanol–water partition coefficient (Wildman–Crippen LogP) is 3.93. The maximum absolute atomic E-state index is 13.5. The molecule has 1 heterocycles. The normalized spacial score (nSPS) is 10.3. The van der Waals surface area contributed by atoms with Crippen molar-refractivity contribution >= 4 is 33.2 Å². The number of carboxylic acid groups (broad SMARTS) is 1. The van der Waals surface area contributed by atoms with Crippen LogP contribution in [0.15, 0.2) is 34.1 Å². The van der Waals surface area contributed by atoms with Gasteiger partial charge in [0.1, 0.15) is 12.2 Å². The Labute approximate surface area is 115 Å². The lowest BCUT2D eigenvalue weighted by Crippen LogP contribution is -2.04. The number of hydrogen-bond acceptors (Lipinski definition) is 3. The quantitative estimate of drug-likeness (QED) is 0.923. The molecule has 0 unspecified atom stereocenters. The van der Waals surface area contributed by atoms with Gasteiger partial charge in [0.15, 0.2) is 11.6 Å². The molecule has 0 aliphatic heterocycles. The van der Waals surface area contributed by atoms with E-state index in [1.165, 1.54) is 29.5 Å². The van der Waals surface area contributed by atoms with E-state index in [4.69, 9.17) is 9.84 Å². The van der Waals surface area contributed by atoms with Crippen LogP contribution in [0.4, 0.5) is 4.39 Å². The van der Waals surface area contributed by atoms with E-state index in [1.807, 2.05) is 11.4 Å². The van der Waals surface area contributed by atoms with Gasteiger partial charge in [0, 0.05) is 14.7 Å². The fourth-order valence-electron chi connectivity index (χ4n) is 1.40. The molecule has 1 aromatic carbocycles. The topological polar surface area (TPSA) is 46.5 Å². The highest BCUT2D eigenvalue weighted by Crippen LogP contribution is 2.26. The van der Waals surface area contributed by atoms with Crippen LogP contribution in [0.25, 0.3) is 0 Å². The van der Waals surface area contributed by atoms with Crippen molar-refractivity contribution in [1.82, 2.24) is 0 Å². The summed E-state index contributed by atoms with van der Waals surface area (Å²) in [4.78, 5) is 11.8. The second-order valence-corrected chi connectivity index (χ2v) is 5.35. The molecule has 3 nitrogen and oxygen atoms in total. The van der Waals surface area contributed by atoms with E-state index in [2.05, 4.69) is 15.9 Å². The Morgan fingerprint density at radius 2 is 2.28 bits per heavy atom. The number of ether oxygens (including phenoxy) is 1. The Kier molecular flexibility index (Phi) is 3.98. The van der Waals surface area contributed by atoms with E-state index < -0.39 is 11.8 Å². The molecule has 1 aromatic heterocycles. The molecular formula is C12H8BrFO3S. The summed E-state index contributed by atoms with van der Waals surface area (Å²) in [5, 5.41) is 10.8. The number of hydrogen-bond donors (Lipinski definition) is 1. The minimum Gasteiger partial charge on any atom is -0.484 e. The van der Waals surface area contributed by atoms with Crippen LogP contribution in [0.1, 0.15) is 15.2 Å². The van der Waals surface area contributed by atoms with Gasteiger partial charge in [-0.05, 0) is 34.1 Å². The average molecular weight is 331 g/mol. The molecular weight excluding hydrogens is 323 g/mol. The summed E-state index contributed by atoms with van der Waals surface area (Å²) in [5.74, 6) is -2.11. The standard InChI is InChI=1S/C12H8BrFO3S/c13-7-4-8(18-6-7)5-17-11-9(12(15)16)2-1-3-10(11)14/h1-4,6H,5H2,(H,15,16). The second kappa shape index (κ2) is 5.49. The number of carbonyl (C=O) groups is 1. The number of benzene rings is 1. The largest absolute Gasteiger partial charge is 0.484 e. The van der Waals surface area contributed by atoms with Crippen LogP contribution in [0.2, 0.25) is 0 Å². The zero-order chi connectivity index (χ0) is 13.1. The van der Waals surface area contributed by atoms with Crippen LogP contribution < -0.4 is 4.74 Å². The summed E-state index contributed by atoms with van der Waals surface area (Å²) in [6.07, 6.45) is 0. The van der Waals surface area contributed by atoms with E-state index in [-0.39, 0.29) is 17.9 Å². The van der Waals surface area contributed by atoms with Gasteiger partial charge in [-0.25, -0.2) is 9.18 Å². The number of thiophene rings is 1. The number of aromatic carboxylic acids is 1. The van der Waals surface area contributed by atoms with E-state index >= 15 is 0 Å². The van der Waals surface area contributed by atoms with Gasteiger partial charge in [-0.3, -0.25) is 0 Å². The molecule has 0 aliphatic carbocycles. The van der Waals surface area contributed by atoms with E-state index in [1.54, 1.807) is 0 Å². The first-order valence-corrected chi connectivity index (χ1v) is 6.62. The Morgan fingerprint density at radius 1 is 1.50 bits per heavy atom. The zero-order valence-electron chi connectivity index (χ0n) is 9.02. The molecule has 0 saturated heterocycles. The number of halogens is 2. The van der Waals surface area contributed by atoms with Gasteiger partial charge in [0.05, 0.1) is 0 Å². The highest BCUT2D eigenvalue weighted by Gasteiger charge is 2.15. The molecule has 0 atom stereocenters. The Balaban J connectivity index is 2.20. The summed E-state index contributed by atoms with van der Waals surface area (Å²) in [6, 6.07) is 5.66. The van der Waals surface area contributed by atoms with E-state index in [0.717, 1.165) is 9.35 Å². The third-order valence-corrected chi connectivity index (χ3v) is 3.85.